The van der Waals surface area contributed by atoms with E-state index >= 15 is 0 Å². The highest BCUT2D eigenvalue weighted by Gasteiger charge is 2.13. The Morgan fingerprint density at radius 2 is 2.06 bits per heavy atom. The summed E-state index contributed by atoms with van der Waals surface area (Å²) < 4.78 is 38.5. The highest BCUT2D eigenvalue weighted by atomic mass is 32.2. The van der Waals surface area contributed by atoms with Crippen LogP contribution in [0, 0.1) is 5.82 Å². The zero-order valence-electron chi connectivity index (χ0n) is 9.60. The first kappa shape index (κ1) is 14.6. The quantitative estimate of drug-likeness (QED) is 0.736. The van der Waals surface area contributed by atoms with E-state index in [1.165, 1.54) is 12.1 Å². The molecule has 0 unspecified atom stereocenters. The summed E-state index contributed by atoms with van der Waals surface area (Å²) in [6.45, 7) is 0.131. The van der Waals surface area contributed by atoms with Crippen LogP contribution in [0.4, 0.5) is 4.39 Å². The number of aliphatic carboxylic acids is 1. The van der Waals surface area contributed by atoms with Crippen molar-refractivity contribution in [3.8, 4) is 0 Å². The summed E-state index contributed by atoms with van der Waals surface area (Å²) in [6.07, 6.45) is 0.809. The molecule has 1 aromatic rings. The second-order valence-electron chi connectivity index (χ2n) is 3.71. The molecule has 0 bridgehead atoms. The Labute approximate surface area is 105 Å². The summed E-state index contributed by atoms with van der Waals surface area (Å²) >= 11 is 0. The minimum atomic E-state index is -3.72. The van der Waals surface area contributed by atoms with Gasteiger partial charge < -0.3 is 5.11 Å². The van der Waals surface area contributed by atoms with Crippen molar-refractivity contribution >= 4 is 16.0 Å². The van der Waals surface area contributed by atoms with Crippen molar-refractivity contribution in [3.05, 3.63) is 30.1 Å². The maximum absolute atomic E-state index is 12.9. The Morgan fingerprint density at radius 3 is 2.67 bits per heavy atom. The van der Waals surface area contributed by atoms with Crippen LogP contribution in [0.5, 0.6) is 0 Å². The Kier molecular flexibility index (Phi) is 5.24. The monoisotopic (exact) mass is 275 g/mol. The van der Waals surface area contributed by atoms with Crippen LogP contribution in [0.15, 0.2) is 29.2 Å². The maximum atomic E-state index is 12.9. The zero-order chi connectivity index (χ0) is 13.6. The number of carbonyl (C=O) groups is 1. The molecular formula is C11H14FNO4S. The molecule has 0 atom stereocenters. The number of hydrogen-bond acceptors (Lipinski definition) is 3. The van der Waals surface area contributed by atoms with Gasteiger partial charge in [0.2, 0.25) is 10.0 Å². The molecule has 18 heavy (non-hydrogen) atoms. The number of nitrogens with one attached hydrogen (secondary N) is 1. The fourth-order valence-corrected chi connectivity index (χ4v) is 2.43. The summed E-state index contributed by atoms with van der Waals surface area (Å²) in [4.78, 5) is 10.1. The van der Waals surface area contributed by atoms with E-state index in [2.05, 4.69) is 4.72 Å². The Bertz CT molecular complexity index is 516. The van der Waals surface area contributed by atoms with Crippen molar-refractivity contribution in [2.45, 2.75) is 24.2 Å². The van der Waals surface area contributed by atoms with Crippen LogP contribution < -0.4 is 4.72 Å². The van der Waals surface area contributed by atoms with Crippen LogP contribution in [0.2, 0.25) is 0 Å². The van der Waals surface area contributed by atoms with Gasteiger partial charge in [-0.1, -0.05) is 6.07 Å². The van der Waals surface area contributed by atoms with Gasteiger partial charge in [-0.2, -0.15) is 0 Å². The Morgan fingerprint density at radius 1 is 1.33 bits per heavy atom. The summed E-state index contributed by atoms with van der Waals surface area (Å²) in [7, 11) is -3.72. The average molecular weight is 275 g/mol. The van der Waals surface area contributed by atoms with Crippen molar-refractivity contribution in [2.75, 3.05) is 6.54 Å². The molecule has 7 heteroatoms. The fraction of sp³-hybridized carbons (Fsp3) is 0.364. The largest absolute Gasteiger partial charge is 0.481 e. The summed E-state index contributed by atoms with van der Waals surface area (Å²) in [6, 6.07) is 4.70. The number of halogens is 1. The molecule has 1 aromatic carbocycles. The van der Waals surface area contributed by atoms with Gasteiger partial charge in [0.15, 0.2) is 0 Å². The van der Waals surface area contributed by atoms with Crippen LogP contribution >= 0.6 is 0 Å². The van der Waals surface area contributed by atoms with Crippen LogP contribution in [0.3, 0.4) is 0 Å². The highest BCUT2D eigenvalue weighted by molar-refractivity contribution is 7.89. The lowest BCUT2D eigenvalue weighted by atomic mass is 10.2. The lowest BCUT2D eigenvalue weighted by Gasteiger charge is -2.06. The third-order valence-electron chi connectivity index (χ3n) is 2.22. The summed E-state index contributed by atoms with van der Waals surface area (Å²) in [5, 5.41) is 8.40. The van der Waals surface area contributed by atoms with E-state index in [1.54, 1.807) is 0 Å². The molecule has 0 heterocycles. The van der Waals surface area contributed by atoms with E-state index < -0.39 is 21.8 Å². The number of benzene rings is 1. The Hall–Kier alpha value is -1.47. The van der Waals surface area contributed by atoms with Crippen molar-refractivity contribution in [1.29, 1.82) is 0 Å². The molecule has 2 N–H and O–H groups in total. The highest BCUT2D eigenvalue weighted by Crippen LogP contribution is 2.10. The standard InChI is InChI=1S/C11H14FNO4S/c12-9-4-3-5-10(8-9)18(16,17)13-7-2-1-6-11(14)15/h3-5,8,13H,1-2,6-7H2,(H,14,15). The van der Waals surface area contributed by atoms with Gasteiger partial charge in [0.05, 0.1) is 4.90 Å². The van der Waals surface area contributed by atoms with Gasteiger partial charge >= 0.3 is 5.97 Å². The van der Waals surface area contributed by atoms with E-state index in [1.807, 2.05) is 0 Å². The van der Waals surface area contributed by atoms with Crippen LogP contribution in [-0.2, 0) is 14.8 Å². The number of carboxylic acid groups (broad SMARTS) is 1. The van der Waals surface area contributed by atoms with Crippen LogP contribution in [-0.4, -0.2) is 26.0 Å². The second kappa shape index (κ2) is 6.46. The van der Waals surface area contributed by atoms with E-state index in [-0.39, 0.29) is 17.9 Å². The van der Waals surface area contributed by atoms with Gasteiger partial charge in [0, 0.05) is 13.0 Å². The van der Waals surface area contributed by atoms with Gasteiger partial charge in [-0.15, -0.1) is 0 Å². The van der Waals surface area contributed by atoms with Gasteiger partial charge in [-0.05, 0) is 31.0 Å². The van der Waals surface area contributed by atoms with E-state index in [0.717, 1.165) is 12.1 Å². The van der Waals surface area contributed by atoms with E-state index in [4.69, 9.17) is 5.11 Å². The van der Waals surface area contributed by atoms with Gasteiger partial charge in [-0.25, -0.2) is 17.5 Å². The van der Waals surface area contributed by atoms with Crippen LogP contribution in [0.1, 0.15) is 19.3 Å². The van der Waals surface area contributed by atoms with Gasteiger partial charge in [-0.3, -0.25) is 4.79 Å². The second-order valence-corrected chi connectivity index (χ2v) is 5.47. The summed E-state index contributed by atoms with van der Waals surface area (Å²) in [5.41, 5.74) is 0. The maximum Gasteiger partial charge on any atom is 0.303 e. The number of sulfonamides is 1. The molecule has 0 aliphatic rings. The zero-order valence-corrected chi connectivity index (χ0v) is 10.4. The molecule has 0 fully saturated rings. The molecule has 0 saturated carbocycles. The fourth-order valence-electron chi connectivity index (χ4n) is 1.33. The SMILES string of the molecule is O=C(O)CCCCNS(=O)(=O)c1cccc(F)c1. The smallest absolute Gasteiger partial charge is 0.303 e. The first-order chi connectivity index (χ1) is 8.42. The molecule has 0 amide bonds. The average Bonchev–Trinajstić information content (AvgIpc) is 2.28. The predicted octanol–water partition coefficient (Wildman–Crippen LogP) is 1.36. The minimum absolute atomic E-state index is 0.00168. The number of carboxylic acids is 1. The predicted molar refractivity (Wildman–Crippen MR) is 63.1 cm³/mol. The lowest BCUT2D eigenvalue weighted by molar-refractivity contribution is -0.137. The van der Waals surface area contributed by atoms with Crippen LogP contribution in [0.25, 0.3) is 0 Å². The molecule has 100 valence electrons. The van der Waals surface area contributed by atoms with Crippen molar-refractivity contribution in [1.82, 2.24) is 4.72 Å². The molecule has 5 nitrogen and oxygen atoms in total. The van der Waals surface area contributed by atoms with Crippen molar-refractivity contribution in [3.63, 3.8) is 0 Å². The van der Waals surface area contributed by atoms with Crippen molar-refractivity contribution < 1.29 is 22.7 Å². The molecular weight excluding hydrogens is 261 g/mol. The van der Waals surface area contributed by atoms with E-state index in [9.17, 15) is 17.6 Å². The van der Waals surface area contributed by atoms with Gasteiger partial charge in [0.25, 0.3) is 0 Å². The summed E-state index contributed by atoms with van der Waals surface area (Å²) in [5.74, 6) is -1.54. The number of unbranched alkanes of at least 4 members (excludes halogenated alkanes) is 1. The molecule has 0 spiro atoms. The first-order valence-electron chi connectivity index (χ1n) is 5.39. The van der Waals surface area contributed by atoms with Gasteiger partial charge in [0.1, 0.15) is 5.82 Å². The molecule has 0 aromatic heterocycles. The Balaban J connectivity index is 2.48. The lowest BCUT2D eigenvalue weighted by Crippen LogP contribution is -2.25. The molecule has 0 saturated heterocycles. The number of rotatable bonds is 7. The third kappa shape index (κ3) is 4.80. The van der Waals surface area contributed by atoms with E-state index in [0.29, 0.717) is 12.8 Å². The number of hydrogen-bond donors (Lipinski definition) is 2. The normalized spacial score (nSPS) is 11.4. The minimum Gasteiger partial charge on any atom is -0.481 e. The first-order valence-corrected chi connectivity index (χ1v) is 6.87. The molecule has 0 radical (unpaired) electrons. The molecule has 0 aliphatic heterocycles. The van der Waals surface area contributed by atoms with Crippen molar-refractivity contribution in [2.24, 2.45) is 0 Å². The molecule has 1 rings (SSSR count). The topological polar surface area (TPSA) is 83.5 Å². The third-order valence-corrected chi connectivity index (χ3v) is 3.67. The molecule has 0 aliphatic carbocycles.